The fourth-order valence-corrected chi connectivity index (χ4v) is 3.15. The zero-order valence-corrected chi connectivity index (χ0v) is 13.9. The van der Waals surface area contributed by atoms with Crippen LogP contribution in [0.3, 0.4) is 0 Å². The van der Waals surface area contributed by atoms with Gasteiger partial charge in [0.1, 0.15) is 0 Å². The number of nitrogens with zero attached hydrogens (tertiary/aromatic N) is 1. The summed E-state index contributed by atoms with van der Waals surface area (Å²) in [6, 6.07) is 3.13. The first-order chi connectivity index (χ1) is 11.2. The van der Waals surface area contributed by atoms with E-state index in [2.05, 4.69) is 0 Å². The van der Waals surface area contributed by atoms with E-state index >= 15 is 0 Å². The number of rotatable bonds is 6. The molecule has 0 spiro atoms. The molecule has 1 N–H and O–H groups in total. The van der Waals surface area contributed by atoms with Gasteiger partial charge in [-0.25, -0.2) is 17.2 Å². The molecule has 24 heavy (non-hydrogen) atoms. The fraction of sp³-hybridized carbons (Fsp3) is 0.467. The standard InChI is InChI=1S/C15H18F2N2O4S/c1-2-24(22,23)18-13(20)8-11-6-7-14(21)19(11)9-10-4-3-5-12(16)15(10)17/h3-5,11H,2,6-9H2,1H3,(H,18,20). The van der Waals surface area contributed by atoms with Crippen LogP contribution < -0.4 is 4.72 Å². The van der Waals surface area contributed by atoms with Gasteiger partial charge in [-0.15, -0.1) is 0 Å². The number of carbonyl (C=O) groups is 2. The third-order valence-corrected chi connectivity index (χ3v) is 5.19. The molecule has 0 saturated carbocycles. The molecule has 0 bridgehead atoms. The quantitative estimate of drug-likeness (QED) is 0.829. The zero-order chi connectivity index (χ0) is 17.9. The highest BCUT2D eigenvalue weighted by Gasteiger charge is 2.33. The molecule has 1 atom stereocenters. The van der Waals surface area contributed by atoms with E-state index in [9.17, 15) is 26.8 Å². The second kappa shape index (κ2) is 7.25. The summed E-state index contributed by atoms with van der Waals surface area (Å²) in [5.74, 6) is -3.28. The van der Waals surface area contributed by atoms with Gasteiger partial charge in [-0.2, -0.15) is 0 Å². The van der Waals surface area contributed by atoms with Crippen LogP contribution >= 0.6 is 0 Å². The van der Waals surface area contributed by atoms with Gasteiger partial charge in [-0.1, -0.05) is 12.1 Å². The number of halogens is 2. The molecule has 1 aromatic rings. The van der Waals surface area contributed by atoms with Crippen LogP contribution in [-0.4, -0.2) is 36.9 Å². The summed E-state index contributed by atoms with van der Waals surface area (Å²) < 4.78 is 51.8. The predicted molar refractivity (Wildman–Crippen MR) is 82.2 cm³/mol. The summed E-state index contributed by atoms with van der Waals surface area (Å²) in [6.45, 7) is 1.23. The number of sulfonamides is 1. The van der Waals surface area contributed by atoms with Crippen LogP contribution in [0.25, 0.3) is 0 Å². The summed E-state index contributed by atoms with van der Waals surface area (Å²) in [5, 5.41) is 0. The average Bonchev–Trinajstić information content (AvgIpc) is 2.84. The number of carbonyl (C=O) groups excluding carboxylic acids is 2. The van der Waals surface area contributed by atoms with Crippen molar-refractivity contribution < 1.29 is 26.8 Å². The molecule has 1 heterocycles. The number of amides is 2. The third-order valence-electron chi connectivity index (χ3n) is 3.90. The van der Waals surface area contributed by atoms with Gasteiger partial charge in [0, 0.05) is 31.0 Å². The van der Waals surface area contributed by atoms with Crippen molar-refractivity contribution in [1.29, 1.82) is 0 Å². The van der Waals surface area contributed by atoms with Crippen LogP contribution in [0.2, 0.25) is 0 Å². The second-order valence-electron chi connectivity index (χ2n) is 5.56. The van der Waals surface area contributed by atoms with E-state index in [1.165, 1.54) is 24.0 Å². The Morgan fingerprint density at radius 2 is 2.08 bits per heavy atom. The molecule has 132 valence electrons. The lowest BCUT2D eigenvalue weighted by atomic mass is 10.1. The molecule has 2 rings (SSSR count). The Bertz CT molecular complexity index is 752. The molecule has 2 amide bonds. The van der Waals surface area contributed by atoms with Gasteiger partial charge in [0.05, 0.1) is 5.75 Å². The molecule has 0 aliphatic carbocycles. The van der Waals surface area contributed by atoms with Crippen molar-refractivity contribution in [2.45, 2.75) is 38.8 Å². The Balaban J connectivity index is 2.09. The van der Waals surface area contributed by atoms with Gasteiger partial charge in [0.2, 0.25) is 21.8 Å². The summed E-state index contributed by atoms with van der Waals surface area (Å²) >= 11 is 0. The molecule has 1 aromatic carbocycles. The number of benzene rings is 1. The monoisotopic (exact) mass is 360 g/mol. The lowest BCUT2D eigenvalue weighted by molar-refractivity contribution is -0.130. The van der Waals surface area contributed by atoms with E-state index in [1.807, 2.05) is 4.72 Å². The maximum Gasteiger partial charge on any atom is 0.235 e. The van der Waals surface area contributed by atoms with Crippen LogP contribution in [0.5, 0.6) is 0 Å². The first-order valence-corrected chi connectivity index (χ1v) is 9.14. The maximum atomic E-state index is 13.8. The molecule has 1 aliphatic rings. The minimum Gasteiger partial charge on any atom is -0.335 e. The Kier molecular flexibility index (Phi) is 5.53. The topological polar surface area (TPSA) is 83.5 Å². The molecule has 0 aromatic heterocycles. The Morgan fingerprint density at radius 3 is 2.75 bits per heavy atom. The Hall–Kier alpha value is -2.03. The van der Waals surface area contributed by atoms with Gasteiger partial charge >= 0.3 is 0 Å². The molecule has 6 nitrogen and oxygen atoms in total. The normalized spacial score (nSPS) is 18.0. The van der Waals surface area contributed by atoms with Crippen molar-refractivity contribution in [2.75, 3.05) is 5.75 Å². The van der Waals surface area contributed by atoms with Crippen molar-refractivity contribution in [1.82, 2.24) is 9.62 Å². The van der Waals surface area contributed by atoms with Gasteiger partial charge in [-0.3, -0.25) is 14.3 Å². The minimum absolute atomic E-state index is 0.0110. The smallest absolute Gasteiger partial charge is 0.235 e. The van der Waals surface area contributed by atoms with Crippen molar-refractivity contribution in [3.63, 3.8) is 0 Å². The Morgan fingerprint density at radius 1 is 1.38 bits per heavy atom. The average molecular weight is 360 g/mol. The molecular formula is C15H18F2N2O4S. The number of nitrogens with one attached hydrogen (secondary N) is 1. The largest absolute Gasteiger partial charge is 0.335 e. The van der Waals surface area contributed by atoms with Gasteiger partial charge in [-0.05, 0) is 19.4 Å². The molecular weight excluding hydrogens is 342 g/mol. The second-order valence-corrected chi connectivity index (χ2v) is 7.57. The van der Waals surface area contributed by atoms with Crippen LogP contribution in [0.15, 0.2) is 18.2 Å². The molecule has 1 unspecified atom stereocenters. The maximum absolute atomic E-state index is 13.8. The summed E-state index contributed by atoms with van der Waals surface area (Å²) in [4.78, 5) is 25.1. The molecule has 9 heteroatoms. The number of hydrogen-bond acceptors (Lipinski definition) is 4. The van der Waals surface area contributed by atoms with Crippen LogP contribution in [0.1, 0.15) is 31.7 Å². The van der Waals surface area contributed by atoms with Crippen molar-refractivity contribution >= 4 is 21.8 Å². The van der Waals surface area contributed by atoms with E-state index in [0.717, 1.165) is 6.07 Å². The highest BCUT2D eigenvalue weighted by molar-refractivity contribution is 7.90. The first-order valence-electron chi connectivity index (χ1n) is 7.49. The molecule has 1 fully saturated rings. The molecule has 0 radical (unpaired) electrons. The van der Waals surface area contributed by atoms with E-state index in [0.29, 0.717) is 6.42 Å². The third kappa shape index (κ3) is 4.28. The highest BCUT2D eigenvalue weighted by atomic mass is 32.2. The van der Waals surface area contributed by atoms with Gasteiger partial charge in [0.15, 0.2) is 11.6 Å². The number of hydrogen-bond donors (Lipinski definition) is 1. The minimum atomic E-state index is -3.68. The predicted octanol–water partition coefficient (Wildman–Crippen LogP) is 1.31. The summed E-state index contributed by atoms with van der Waals surface area (Å²) in [5.41, 5.74) is 0.0110. The van der Waals surface area contributed by atoms with Crippen molar-refractivity contribution in [3.05, 3.63) is 35.4 Å². The van der Waals surface area contributed by atoms with Crippen molar-refractivity contribution in [3.8, 4) is 0 Å². The van der Waals surface area contributed by atoms with E-state index in [-0.39, 0.29) is 36.6 Å². The fourth-order valence-electron chi connectivity index (χ4n) is 2.58. The van der Waals surface area contributed by atoms with E-state index < -0.39 is 33.6 Å². The highest BCUT2D eigenvalue weighted by Crippen LogP contribution is 2.25. The SMILES string of the molecule is CCS(=O)(=O)NC(=O)CC1CCC(=O)N1Cc1cccc(F)c1F. The van der Waals surface area contributed by atoms with E-state index in [1.54, 1.807) is 0 Å². The molecule has 1 aliphatic heterocycles. The lowest BCUT2D eigenvalue weighted by Crippen LogP contribution is -2.39. The van der Waals surface area contributed by atoms with Crippen molar-refractivity contribution in [2.24, 2.45) is 0 Å². The van der Waals surface area contributed by atoms with Crippen LogP contribution in [0.4, 0.5) is 8.78 Å². The lowest BCUT2D eigenvalue weighted by Gasteiger charge is -2.24. The summed E-state index contributed by atoms with van der Waals surface area (Å²) in [6.07, 6.45) is 0.326. The Labute approximate surface area is 138 Å². The van der Waals surface area contributed by atoms with Crippen LogP contribution in [-0.2, 0) is 26.2 Å². The zero-order valence-electron chi connectivity index (χ0n) is 13.1. The van der Waals surface area contributed by atoms with Gasteiger partial charge < -0.3 is 4.90 Å². The van der Waals surface area contributed by atoms with E-state index in [4.69, 9.17) is 0 Å². The van der Waals surface area contributed by atoms with Crippen LogP contribution in [0, 0.1) is 11.6 Å². The number of likely N-dealkylation sites (tertiary alicyclic amines) is 1. The first kappa shape index (κ1) is 18.3. The van der Waals surface area contributed by atoms with Gasteiger partial charge in [0.25, 0.3) is 0 Å². The molecule has 1 saturated heterocycles. The summed E-state index contributed by atoms with van der Waals surface area (Å²) in [7, 11) is -3.68.